The van der Waals surface area contributed by atoms with Gasteiger partial charge in [0.2, 0.25) is 0 Å². The summed E-state index contributed by atoms with van der Waals surface area (Å²) in [6.45, 7) is 7.95. The van der Waals surface area contributed by atoms with Gasteiger partial charge in [0, 0.05) is 18.8 Å². The molecule has 0 aromatic heterocycles. The normalized spacial score (nSPS) is 14.4. The SMILES string of the molecule is CCN(CCCN(C)C)Cc1ccc2c(c1)CCCN2. The third kappa shape index (κ3) is 4.50. The molecule has 0 aliphatic carbocycles. The van der Waals surface area contributed by atoms with Gasteiger partial charge < -0.3 is 10.2 Å². The van der Waals surface area contributed by atoms with Gasteiger partial charge >= 0.3 is 0 Å². The van der Waals surface area contributed by atoms with Crippen LogP contribution in [0.4, 0.5) is 5.69 Å². The second kappa shape index (κ2) is 7.65. The molecule has 0 saturated carbocycles. The van der Waals surface area contributed by atoms with Gasteiger partial charge in [-0.25, -0.2) is 0 Å². The largest absolute Gasteiger partial charge is 0.385 e. The quantitative estimate of drug-likeness (QED) is 0.825. The van der Waals surface area contributed by atoms with Crippen molar-refractivity contribution in [3.63, 3.8) is 0 Å². The maximum absolute atomic E-state index is 3.48. The molecule has 1 heterocycles. The van der Waals surface area contributed by atoms with E-state index in [0.717, 1.165) is 19.6 Å². The Bertz CT molecular complexity index is 415. The van der Waals surface area contributed by atoms with E-state index in [9.17, 15) is 0 Å². The Morgan fingerprint density at radius 1 is 1.20 bits per heavy atom. The first-order valence-corrected chi connectivity index (χ1v) is 7.92. The maximum Gasteiger partial charge on any atom is 0.0372 e. The molecule has 112 valence electrons. The van der Waals surface area contributed by atoms with E-state index < -0.39 is 0 Å². The molecular formula is C17H29N3. The average Bonchev–Trinajstić information content (AvgIpc) is 2.45. The zero-order valence-electron chi connectivity index (χ0n) is 13.3. The molecule has 20 heavy (non-hydrogen) atoms. The lowest BCUT2D eigenvalue weighted by atomic mass is 10.0. The molecule has 1 aromatic rings. The number of aryl methyl sites for hydroxylation is 1. The molecule has 0 saturated heterocycles. The lowest BCUT2D eigenvalue weighted by molar-refractivity contribution is 0.259. The Labute approximate surface area is 124 Å². The number of hydrogen-bond acceptors (Lipinski definition) is 3. The van der Waals surface area contributed by atoms with Crippen LogP contribution in [0.3, 0.4) is 0 Å². The van der Waals surface area contributed by atoms with E-state index in [1.807, 2.05) is 0 Å². The molecule has 0 spiro atoms. The zero-order chi connectivity index (χ0) is 14.4. The summed E-state index contributed by atoms with van der Waals surface area (Å²) in [5.41, 5.74) is 4.30. The first-order valence-electron chi connectivity index (χ1n) is 7.92. The second-order valence-electron chi connectivity index (χ2n) is 6.05. The van der Waals surface area contributed by atoms with Crippen molar-refractivity contribution in [2.45, 2.75) is 32.7 Å². The van der Waals surface area contributed by atoms with Crippen LogP contribution in [0.1, 0.15) is 30.9 Å². The smallest absolute Gasteiger partial charge is 0.0372 e. The number of hydrogen-bond donors (Lipinski definition) is 1. The number of benzene rings is 1. The van der Waals surface area contributed by atoms with E-state index in [0.29, 0.717) is 0 Å². The molecule has 1 N–H and O–H groups in total. The second-order valence-corrected chi connectivity index (χ2v) is 6.05. The van der Waals surface area contributed by atoms with Gasteiger partial charge in [-0.2, -0.15) is 0 Å². The van der Waals surface area contributed by atoms with E-state index in [2.05, 4.69) is 54.3 Å². The van der Waals surface area contributed by atoms with Crippen molar-refractivity contribution >= 4 is 5.69 Å². The van der Waals surface area contributed by atoms with Crippen LogP contribution in [0, 0.1) is 0 Å². The van der Waals surface area contributed by atoms with Crippen LogP contribution < -0.4 is 5.32 Å². The van der Waals surface area contributed by atoms with E-state index in [-0.39, 0.29) is 0 Å². The number of nitrogens with one attached hydrogen (secondary N) is 1. The highest BCUT2D eigenvalue weighted by atomic mass is 15.1. The Balaban J connectivity index is 1.90. The molecule has 3 nitrogen and oxygen atoms in total. The standard InChI is InChI=1S/C17H29N3/c1-4-20(12-6-11-19(2)3)14-15-8-9-17-16(13-15)7-5-10-18-17/h8-9,13,18H,4-7,10-12,14H2,1-3H3. The molecule has 1 aliphatic rings. The van der Waals surface area contributed by atoms with Gasteiger partial charge in [-0.05, 0) is 70.2 Å². The minimum Gasteiger partial charge on any atom is -0.385 e. The van der Waals surface area contributed by atoms with Crippen LogP contribution in [0.2, 0.25) is 0 Å². The lowest BCUT2D eigenvalue weighted by Crippen LogP contribution is -2.27. The summed E-state index contributed by atoms with van der Waals surface area (Å²) < 4.78 is 0. The summed E-state index contributed by atoms with van der Waals surface area (Å²) in [7, 11) is 4.29. The summed E-state index contributed by atoms with van der Waals surface area (Å²) >= 11 is 0. The predicted octanol–water partition coefficient (Wildman–Crippen LogP) is 2.82. The lowest BCUT2D eigenvalue weighted by Gasteiger charge is -2.23. The van der Waals surface area contributed by atoms with Crippen molar-refractivity contribution in [2.24, 2.45) is 0 Å². The molecular weight excluding hydrogens is 246 g/mol. The van der Waals surface area contributed by atoms with Crippen LogP contribution in [-0.4, -0.2) is 50.1 Å². The average molecular weight is 275 g/mol. The fraction of sp³-hybridized carbons (Fsp3) is 0.647. The monoisotopic (exact) mass is 275 g/mol. The molecule has 0 radical (unpaired) electrons. The van der Waals surface area contributed by atoms with Gasteiger partial charge in [0.25, 0.3) is 0 Å². The van der Waals surface area contributed by atoms with Crippen LogP contribution in [0.15, 0.2) is 18.2 Å². The van der Waals surface area contributed by atoms with Crippen molar-refractivity contribution in [3.8, 4) is 0 Å². The summed E-state index contributed by atoms with van der Waals surface area (Å²) in [4.78, 5) is 4.81. The molecule has 0 fully saturated rings. The summed E-state index contributed by atoms with van der Waals surface area (Å²) in [6.07, 6.45) is 3.73. The van der Waals surface area contributed by atoms with E-state index >= 15 is 0 Å². The van der Waals surface area contributed by atoms with Gasteiger partial charge in [0.05, 0.1) is 0 Å². The molecule has 0 amide bonds. The molecule has 0 atom stereocenters. The fourth-order valence-corrected chi connectivity index (χ4v) is 2.84. The number of nitrogens with zero attached hydrogens (tertiary/aromatic N) is 2. The van der Waals surface area contributed by atoms with Crippen molar-refractivity contribution in [1.82, 2.24) is 9.80 Å². The highest BCUT2D eigenvalue weighted by Gasteiger charge is 2.10. The van der Waals surface area contributed by atoms with Gasteiger partial charge in [-0.15, -0.1) is 0 Å². The van der Waals surface area contributed by atoms with Crippen molar-refractivity contribution < 1.29 is 0 Å². The number of fused-ring (bicyclic) bond motifs is 1. The molecule has 0 unspecified atom stereocenters. The van der Waals surface area contributed by atoms with Crippen LogP contribution in [0.5, 0.6) is 0 Å². The van der Waals surface area contributed by atoms with Crippen molar-refractivity contribution in [3.05, 3.63) is 29.3 Å². The third-order valence-corrected chi connectivity index (χ3v) is 4.04. The highest BCUT2D eigenvalue weighted by Crippen LogP contribution is 2.23. The van der Waals surface area contributed by atoms with E-state index in [4.69, 9.17) is 0 Å². The van der Waals surface area contributed by atoms with Crippen LogP contribution in [-0.2, 0) is 13.0 Å². The Kier molecular flexibility index (Phi) is 5.86. The first-order chi connectivity index (χ1) is 9.69. The van der Waals surface area contributed by atoms with E-state index in [1.54, 1.807) is 0 Å². The Morgan fingerprint density at radius 2 is 2.05 bits per heavy atom. The van der Waals surface area contributed by atoms with Gasteiger partial charge in [-0.3, -0.25) is 4.90 Å². The Hall–Kier alpha value is -1.06. The highest BCUT2D eigenvalue weighted by molar-refractivity contribution is 5.54. The molecule has 0 bridgehead atoms. The topological polar surface area (TPSA) is 18.5 Å². The molecule has 3 heteroatoms. The van der Waals surface area contributed by atoms with Crippen molar-refractivity contribution in [1.29, 1.82) is 0 Å². The number of rotatable bonds is 7. The third-order valence-electron chi connectivity index (χ3n) is 4.04. The summed E-state index contributed by atoms with van der Waals surface area (Å²) in [5, 5.41) is 3.48. The van der Waals surface area contributed by atoms with Crippen LogP contribution in [0.25, 0.3) is 0 Å². The summed E-state index contributed by atoms with van der Waals surface area (Å²) in [6, 6.07) is 6.94. The summed E-state index contributed by atoms with van der Waals surface area (Å²) in [5.74, 6) is 0. The molecule has 1 aromatic carbocycles. The van der Waals surface area contributed by atoms with Crippen molar-refractivity contribution in [2.75, 3.05) is 45.6 Å². The minimum atomic E-state index is 1.08. The Morgan fingerprint density at radius 3 is 2.80 bits per heavy atom. The maximum atomic E-state index is 3.48. The predicted molar refractivity (Wildman–Crippen MR) is 87.4 cm³/mol. The van der Waals surface area contributed by atoms with Gasteiger partial charge in [0.15, 0.2) is 0 Å². The molecule has 2 rings (SSSR count). The fourth-order valence-electron chi connectivity index (χ4n) is 2.84. The van der Waals surface area contributed by atoms with Crippen LogP contribution >= 0.6 is 0 Å². The number of anilines is 1. The minimum absolute atomic E-state index is 1.08. The van der Waals surface area contributed by atoms with E-state index in [1.165, 1.54) is 49.2 Å². The van der Waals surface area contributed by atoms with Gasteiger partial charge in [0.1, 0.15) is 0 Å². The zero-order valence-corrected chi connectivity index (χ0v) is 13.3. The van der Waals surface area contributed by atoms with Gasteiger partial charge in [-0.1, -0.05) is 19.1 Å². The molecule has 1 aliphatic heterocycles. The first kappa shape index (κ1) is 15.3.